The minimum atomic E-state index is -0.330. The van der Waals surface area contributed by atoms with E-state index in [1.54, 1.807) is 0 Å². The molecule has 1 aliphatic carbocycles. The van der Waals surface area contributed by atoms with E-state index in [2.05, 4.69) is 12.2 Å². The van der Waals surface area contributed by atoms with Gasteiger partial charge in [0.25, 0.3) is 0 Å². The molecule has 1 aromatic carbocycles. The van der Waals surface area contributed by atoms with Gasteiger partial charge in [-0.2, -0.15) is 0 Å². The summed E-state index contributed by atoms with van der Waals surface area (Å²) in [5.41, 5.74) is 7.02. The van der Waals surface area contributed by atoms with Gasteiger partial charge in [-0.05, 0) is 43.6 Å². The Hall–Kier alpha value is -1.55. The molecule has 122 valence electrons. The smallest absolute Gasteiger partial charge is 0.407 e. The van der Waals surface area contributed by atoms with Crippen LogP contribution in [0.4, 0.5) is 4.79 Å². The Bertz CT molecular complexity index is 448. The maximum atomic E-state index is 11.7. The summed E-state index contributed by atoms with van der Waals surface area (Å²) < 4.78 is 5.21. The second-order valence-electron chi connectivity index (χ2n) is 6.43. The van der Waals surface area contributed by atoms with E-state index in [1.807, 2.05) is 30.3 Å². The van der Waals surface area contributed by atoms with Crippen LogP contribution in [0.1, 0.15) is 44.6 Å². The Balaban J connectivity index is 1.60. The third kappa shape index (κ3) is 5.68. The predicted octanol–water partition coefficient (Wildman–Crippen LogP) is 3.46. The van der Waals surface area contributed by atoms with Crippen LogP contribution in [-0.4, -0.2) is 18.7 Å². The molecule has 0 aliphatic heterocycles. The summed E-state index contributed by atoms with van der Waals surface area (Å²) in [5, 5.41) is 2.85. The number of carbonyl (C=O) groups excluding carboxylic acids is 1. The average Bonchev–Trinajstić information content (AvgIpc) is 2.54. The van der Waals surface area contributed by atoms with Crippen LogP contribution in [0.5, 0.6) is 0 Å². The second-order valence-corrected chi connectivity index (χ2v) is 6.43. The third-order valence-electron chi connectivity index (χ3n) is 4.60. The van der Waals surface area contributed by atoms with E-state index in [9.17, 15) is 4.79 Å². The molecule has 1 aliphatic rings. The molecule has 2 unspecified atom stereocenters. The molecule has 22 heavy (non-hydrogen) atoms. The third-order valence-corrected chi connectivity index (χ3v) is 4.60. The zero-order chi connectivity index (χ0) is 15.8. The molecule has 3 atom stereocenters. The lowest BCUT2D eigenvalue weighted by atomic mass is 9.77. The number of carbonyl (C=O) groups is 1. The highest BCUT2D eigenvalue weighted by Crippen LogP contribution is 2.32. The Morgan fingerprint density at radius 2 is 2.14 bits per heavy atom. The van der Waals surface area contributed by atoms with E-state index in [0.29, 0.717) is 25.0 Å². The molecule has 4 nitrogen and oxygen atoms in total. The number of nitrogens with two attached hydrogens (primary N) is 1. The maximum absolute atomic E-state index is 11.7. The number of alkyl carbamates (subject to hydrolysis) is 1. The predicted molar refractivity (Wildman–Crippen MR) is 88.3 cm³/mol. The fourth-order valence-electron chi connectivity index (χ4n) is 3.22. The molecule has 1 amide bonds. The molecule has 3 N–H and O–H groups in total. The van der Waals surface area contributed by atoms with Crippen molar-refractivity contribution in [2.45, 2.75) is 51.7 Å². The zero-order valence-corrected chi connectivity index (χ0v) is 13.5. The number of hydrogen-bond acceptors (Lipinski definition) is 3. The number of nitrogens with one attached hydrogen (secondary N) is 1. The number of ether oxygens (including phenoxy) is 1. The van der Waals surface area contributed by atoms with E-state index in [4.69, 9.17) is 10.5 Å². The normalized spacial score (nSPS) is 22.8. The molecule has 0 heterocycles. The SMILES string of the molecule is C[C@H](N)C1CCCC(CCNC(=O)OCc2ccccc2)C1. The number of rotatable bonds is 6. The summed E-state index contributed by atoms with van der Waals surface area (Å²) in [6.07, 6.45) is 5.64. The molecule has 0 radical (unpaired) electrons. The van der Waals surface area contributed by atoms with Gasteiger partial charge in [-0.25, -0.2) is 4.79 Å². The summed E-state index contributed by atoms with van der Waals surface area (Å²) >= 11 is 0. The first kappa shape index (κ1) is 16.8. The molecule has 0 aromatic heterocycles. The first-order valence-electron chi connectivity index (χ1n) is 8.35. The van der Waals surface area contributed by atoms with Crippen LogP contribution in [0.2, 0.25) is 0 Å². The highest BCUT2D eigenvalue weighted by molar-refractivity contribution is 5.67. The van der Waals surface area contributed by atoms with Gasteiger partial charge >= 0.3 is 6.09 Å². The molecule has 1 aromatic rings. The van der Waals surface area contributed by atoms with Gasteiger partial charge in [-0.1, -0.05) is 43.2 Å². The molecule has 0 saturated heterocycles. The molecule has 0 bridgehead atoms. The lowest BCUT2D eigenvalue weighted by Gasteiger charge is -2.31. The lowest BCUT2D eigenvalue weighted by Crippen LogP contribution is -2.32. The molecular weight excluding hydrogens is 276 g/mol. The van der Waals surface area contributed by atoms with Crippen molar-refractivity contribution >= 4 is 6.09 Å². The van der Waals surface area contributed by atoms with Crippen molar-refractivity contribution in [3.8, 4) is 0 Å². The van der Waals surface area contributed by atoms with Gasteiger partial charge in [-0.3, -0.25) is 0 Å². The molecule has 1 fully saturated rings. The van der Waals surface area contributed by atoms with Crippen LogP contribution >= 0.6 is 0 Å². The highest BCUT2D eigenvalue weighted by atomic mass is 16.5. The topological polar surface area (TPSA) is 64.3 Å². The fraction of sp³-hybridized carbons (Fsp3) is 0.611. The minimum absolute atomic E-state index is 0.284. The van der Waals surface area contributed by atoms with Crippen LogP contribution in [0.15, 0.2) is 30.3 Å². The number of amides is 1. The van der Waals surface area contributed by atoms with E-state index in [1.165, 1.54) is 25.7 Å². The summed E-state index contributed by atoms with van der Waals surface area (Å²) in [5.74, 6) is 1.32. The van der Waals surface area contributed by atoms with Crippen molar-refractivity contribution in [1.82, 2.24) is 5.32 Å². The average molecular weight is 304 g/mol. The molecule has 0 spiro atoms. The van der Waals surface area contributed by atoms with Gasteiger partial charge < -0.3 is 15.8 Å². The van der Waals surface area contributed by atoms with E-state index in [0.717, 1.165) is 12.0 Å². The molecular formula is C18H28N2O2. The molecule has 2 rings (SSSR count). The van der Waals surface area contributed by atoms with Crippen LogP contribution in [0, 0.1) is 11.8 Å². The standard InChI is InChI=1S/C18H28N2O2/c1-14(19)17-9-5-8-15(12-17)10-11-20-18(21)22-13-16-6-3-2-4-7-16/h2-4,6-7,14-15,17H,5,8-13,19H2,1H3,(H,20,21)/t14-,15?,17?/m0/s1. The first-order valence-corrected chi connectivity index (χ1v) is 8.35. The van der Waals surface area contributed by atoms with Crippen molar-refractivity contribution in [3.05, 3.63) is 35.9 Å². The summed E-state index contributed by atoms with van der Waals surface area (Å²) in [7, 11) is 0. The van der Waals surface area contributed by atoms with Gasteiger partial charge in [0, 0.05) is 12.6 Å². The summed E-state index contributed by atoms with van der Waals surface area (Å²) in [4.78, 5) is 11.7. The lowest BCUT2D eigenvalue weighted by molar-refractivity contribution is 0.138. The fourth-order valence-corrected chi connectivity index (χ4v) is 3.22. The molecule has 4 heteroatoms. The van der Waals surface area contributed by atoms with Gasteiger partial charge in [0.1, 0.15) is 6.61 Å². The van der Waals surface area contributed by atoms with Crippen molar-refractivity contribution < 1.29 is 9.53 Å². The van der Waals surface area contributed by atoms with Crippen LogP contribution in [0.3, 0.4) is 0 Å². The Labute approximate surface area is 133 Å². The second kappa shape index (κ2) is 8.79. The Morgan fingerprint density at radius 1 is 1.36 bits per heavy atom. The van der Waals surface area contributed by atoms with Gasteiger partial charge in [0.2, 0.25) is 0 Å². The van der Waals surface area contributed by atoms with Gasteiger partial charge in [0.15, 0.2) is 0 Å². The van der Waals surface area contributed by atoms with Crippen LogP contribution < -0.4 is 11.1 Å². The number of benzene rings is 1. The van der Waals surface area contributed by atoms with Gasteiger partial charge in [-0.15, -0.1) is 0 Å². The van der Waals surface area contributed by atoms with E-state index >= 15 is 0 Å². The largest absolute Gasteiger partial charge is 0.445 e. The van der Waals surface area contributed by atoms with E-state index in [-0.39, 0.29) is 12.1 Å². The minimum Gasteiger partial charge on any atom is -0.445 e. The Morgan fingerprint density at radius 3 is 2.86 bits per heavy atom. The monoisotopic (exact) mass is 304 g/mol. The first-order chi connectivity index (χ1) is 10.6. The quantitative estimate of drug-likeness (QED) is 0.846. The van der Waals surface area contributed by atoms with Crippen LogP contribution in [0.25, 0.3) is 0 Å². The van der Waals surface area contributed by atoms with Crippen molar-refractivity contribution in [3.63, 3.8) is 0 Å². The van der Waals surface area contributed by atoms with Crippen molar-refractivity contribution in [2.75, 3.05) is 6.54 Å². The van der Waals surface area contributed by atoms with Crippen molar-refractivity contribution in [2.24, 2.45) is 17.6 Å². The van der Waals surface area contributed by atoms with E-state index < -0.39 is 0 Å². The highest BCUT2D eigenvalue weighted by Gasteiger charge is 2.24. The zero-order valence-electron chi connectivity index (χ0n) is 13.5. The van der Waals surface area contributed by atoms with Crippen LogP contribution in [-0.2, 0) is 11.3 Å². The number of hydrogen-bond donors (Lipinski definition) is 2. The Kier molecular flexibility index (Phi) is 6.72. The molecule has 1 saturated carbocycles. The van der Waals surface area contributed by atoms with Crippen molar-refractivity contribution in [1.29, 1.82) is 0 Å². The van der Waals surface area contributed by atoms with Gasteiger partial charge in [0.05, 0.1) is 0 Å². The summed E-state index contributed by atoms with van der Waals surface area (Å²) in [6, 6.07) is 10.0. The summed E-state index contributed by atoms with van der Waals surface area (Å²) in [6.45, 7) is 3.11. The maximum Gasteiger partial charge on any atom is 0.407 e.